The summed E-state index contributed by atoms with van der Waals surface area (Å²) in [5.41, 5.74) is 2.41. The molecule has 0 spiro atoms. The van der Waals surface area contributed by atoms with E-state index >= 15 is 0 Å². The Morgan fingerprint density at radius 3 is 2.40 bits per heavy atom. The van der Waals surface area contributed by atoms with E-state index in [4.69, 9.17) is 14.6 Å². The first kappa shape index (κ1) is 23.9. The van der Waals surface area contributed by atoms with Crippen LogP contribution in [0.4, 0.5) is 19.0 Å². The number of nitrogens with zero attached hydrogens (tertiary/aromatic N) is 3. The van der Waals surface area contributed by atoms with Crippen LogP contribution in [0.3, 0.4) is 0 Å². The topological polar surface area (TPSA) is 103 Å². The monoisotopic (exact) mass is 433 g/mol. The number of alkyl halides is 3. The predicted molar refractivity (Wildman–Crippen MR) is 102 cm³/mol. The number of hydrogen-bond donors (Lipinski definition) is 2. The van der Waals surface area contributed by atoms with Crippen LogP contribution in [0.5, 0.6) is 0 Å². The molecule has 1 atom stereocenters. The molecule has 2 aliphatic rings. The van der Waals surface area contributed by atoms with Crippen LogP contribution < -0.4 is 4.90 Å². The minimum Gasteiger partial charge on any atom is -0.478 e. The maximum absolute atomic E-state index is 11.9. The zero-order valence-corrected chi connectivity index (χ0v) is 16.9. The summed E-state index contributed by atoms with van der Waals surface area (Å²) in [6.45, 7) is 8.84. The molecule has 0 bridgehead atoms. The van der Waals surface area contributed by atoms with Crippen molar-refractivity contribution in [2.75, 3.05) is 37.7 Å². The first-order valence-corrected chi connectivity index (χ1v) is 9.70. The molecule has 8 nitrogen and oxygen atoms in total. The van der Waals surface area contributed by atoms with Gasteiger partial charge < -0.3 is 19.8 Å². The van der Waals surface area contributed by atoms with E-state index in [9.17, 15) is 23.1 Å². The molecule has 2 aliphatic heterocycles. The molecular weight excluding hydrogens is 407 g/mol. The van der Waals surface area contributed by atoms with Gasteiger partial charge in [-0.1, -0.05) is 0 Å². The fourth-order valence-corrected chi connectivity index (χ4v) is 3.66. The molecule has 0 aromatic carbocycles. The van der Waals surface area contributed by atoms with E-state index < -0.39 is 18.1 Å². The van der Waals surface area contributed by atoms with E-state index in [0.717, 1.165) is 63.4 Å². The molecule has 1 unspecified atom stereocenters. The lowest BCUT2D eigenvalue weighted by Gasteiger charge is -2.34. The van der Waals surface area contributed by atoms with E-state index in [-0.39, 0.29) is 0 Å². The summed E-state index contributed by atoms with van der Waals surface area (Å²) in [5.74, 6) is -3.01. The van der Waals surface area contributed by atoms with Gasteiger partial charge in [0.15, 0.2) is 0 Å². The maximum atomic E-state index is 11.9. The van der Waals surface area contributed by atoms with Gasteiger partial charge in [-0.05, 0) is 37.8 Å². The van der Waals surface area contributed by atoms with Gasteiger partial charge in [0, 0.05) is 45.0 Å². The van der Waals surface area contributed by atoms with Gasteiger partial charge in [-0.2, -0.15) is 13.2 Å². The van der Waals surface area contributed by atoms with E-state index in [2.05, 4.69) is 9.88 Å². The van der Waals surface area contributed by atoms with Crippen LogP contribution in [0.15, 0.2) is 6.20 Å². The van der Waals surface area contributed by atoms with Gasteiger partial charge >= 0.3 is 18.1 Å². The van der Waals surface area contributed by atoms with Crippen molar-refractivity contribution in [1.29, 1.82) is 0 Å². The van der Waals surface area contributed by atoms with Gasteiger partial charge in [0.2, 0.25) is 0 Å². The third-order valence-corrected chi connectivity index (χ3v) is 5.22. The zero-order chi connectivity index (χ0) is 22.5. The number of carboxylic acids is 2. The van der Waals surface area contributed by atoms with Crippen molar-refractivity contribution in [2.45, 2.75) is 45.5 Å². The average molecular weight is 433 g/mol. The normalized spacial score (nSPS) is 18.9. The SMILES string of the molecule is CCN(CC)c1ncc2c(c1C(=O)O)CCN(C1CCOC1)C2.O=C(O)C(F)(F)F. The largest absolute Gasteiger partial charge is 0.490 e. The highest BCUT2D eigenvalue weighted by Gasteiger charge is 2.38. The smallest absolute Gasteiger partial charge is 0.478 e. The molecule has 3 heterocycles. The highest BCUT2D eigenvalue weighted by Crippen LogP contribution is 2.30. The number of carboxylic acid groups (broad SMARTS) is 2. The summed E-state index contributed by atoms with van der Waals surface area (Å²) in [5, 5.41) is 16.9. The molecule has 1 saturated heterocycles. The summed E-state index contributed by atoms with van der Waals surface area (Å²) < 4.78 is 37.2. The lowest BCUT2D eigenvalue weighted by atomic mass is 9.95. The van der Waals surface area contributed by atoms with Crippen molar-refractivity contribution in [2.24, 2.45) is 0 Å². The van der Waals surface area contributed by atoms with Gasteiger partial charge in [-0.15, -0.1) is 0 Å². The minimum absolute atomic E-state index is 0.397. The second-order valence-corrected chi connectivity index (χ2v) is 6.98. The van der Waals surface area contributed by atoms with Crippen molar-refractivity contribution in [1.82, 2.24) is 9.88 Å². The van der Waals surface area contributed by atoms with Crippen molar-refractivity contribution in [3.8, 4) is 0 Å². The molecule has 3 rings (SSSR count). The summed E-state index contributed by atoms with van der Waals surface area (Å²) in [6, 6.07) is 0.457. The van der Waals surface area contributed by atoms with Crippen molar-refractivity contribution in [3.63, 3.8) is 0 Å². The highest BCUT2D eigenvalue weighted by molar-refractivity contribution is 5.95. The maximum Gasteiger partial charge on any atom is 0.490 e. The Morgan fingerprint density at radius 2 is 1.93 bits per heavy atom. The second kappa shape index (κ2) is 10.1. The van der Waals surface area contributed by atoms with Crippen LogP contribution in [-0.4, -0.2) is 77.1 Å². The van der Waals surface area contributed by atoms with Crippen LogP contribution in [0.1, 0.15) is 41.8 Å². The number of hydrogen-bond acceptors (Lipinski definition) is 6. The fourth-order valence-electron chi connectivity index (χ4n) is 3.66. The molecule has 30 heavy (non-hydrogen) atoms. The molecule has 2 N–H and O–H groups in total. The molecular formula is C19H26F3N3O5. The van der Waals surface area contributed by atoms with Crippen LogP contribution in [-0.2, 0) is 22.5 Å². The van der Waals surface area contributed by atoms with Crippen LogP contribution in [0.2, 0.25) is 0 Å². The van der Waals surface area contributed by atoms with E-state index in [1.54, 1.807) is 0 Å². The number of anilines is 1. The summed E-state index contributed by atoms with van der Waals surface area (Å²) >= 11 is 0. The third-order valence-electron chi connectivity index (χ3n) is 5.22. The molecule has 11 heteroatoms. The standard InChI is InChI=1S/C17H25N3O3.C2HF3O2/c1-3-19(4-2)16-15(17(21)22)14-5-7-20(10-12(14)9-18-16)13-6-8-23-11-13;3-2(4,5)1(6)7/h9,13H,3-8,10-11H2,1-2H3,(H,21,22);(H,6,7). The fraction of sp³-hybridized carbons (Fsp3) is 0.632. The Hall–Kier alpha value is -2.40. The molecule has 0 amide bonds. The minimum atomic E-state index is -5.08. The van der Waals surface area contributed by atoms with Crippen LogP contribution in [0.25, 0.3) is 0 Å². The number of pyridine rings is 1. The second-order valence-electron chi connectivity index (χ2n) is 6.98. The van der Waals surface area contributed by atoms with Crippen molar-refractivity contribution >= 4 is 17.8 Å². The Bertz CT molecular complexity index is 763. The molecule has 168 valence electrons. The van der Waals surface area contributed by atoms with Gasteiger partial charge in [0.1, 0.15) is 11.4 Å². The predicted octanol–water partition coefficient (Wildman–Crippen LogP) is 2.41. The van der Waals surface area contributed by atoms with E-state index in [1.165, 1.54) is 0 Å². The first-order valence-electron chi connectivity index (χ1n) is 9.70. The van der Waals surface area contributed by atoms with Crippen molar-refractivity contribution in [3.05, 3.63) is 22.9 Å². The quantitative estimate of drug-likeness (QED) is 0.730. The van der Waals surface area contributed by atoms with E-state index in [0.29, 0.717) is 17.4 Å². The number of fused-ring (bicyclic) bond motifs is 1. The molecule has 0 radical (unpaired) electrons. The van der Waals surface area contributed by atoms with Crippen molar-refractivity contribution < 1.29 is 37.7 Å². The number of rotatable bonds is 5. The third kappa shape index (κ3) is 5.60. The van der Waals surface area contributed by atoms with Gasteiger partial charge in [-0.3, -0.25) is 4.90 Å². The number of aliphatic carboxylic acids is 1. The molecule has 1 aromatic heterocycles. The Morgan fingerprint density at radius 1 is 1.30 bits per heavy atom. The molecule has 0 saturated carbocycles. The zero-order valence-electron chi connectivity index (χ0n) is 16.9. The van der Waals surface area contributed by atoms with Crippen LogP contribution in [0, 0.1) is 0 Å². The summed E-state index contributed by atoms with van der Waals surface area (Å²) in [6.07, 6.45) is -1.38. The summed E-state index contributed by atoms with van der Waals surface area (Å²) in [7, 11) is 0. The Labute approximate surface area is 172 Å². The molecule has 1 fully saturated rings. The average Bonchev–Trinajstić information content (AvgIpc) is 3.22. The number of carbonyl (C=O) groups is 2. The lowest BCUT2D eigenvalue weighted by molar-refractivity contribution is -0.192. The summed E-state index contributed by atoms with van der Waals surface area (Å²) in [4.78, 5) is 29.7. The number of aromatic nitrogens is 1. The van der Waals surface area contributed by atoms with Gasteiger partial charge in [0.25, 0.3) is 0 Å². The Balaban J connectivity index is 0.000000396. The highest BCUT2D eigenvalue weighted by atomic mass is 19.4. The van der Waals surface area contributed by atoms with E-state index in [1.807, 2.05) is 24.9 Å². The van der Waals surface area contributed by atoms with Gasteiger partial charge in [-0.25, -0.2) is 14.6 Å². The number of aromatic carboxylic acids is 1. The van der Waals surface area contributed by atoms with Gasteiger partial charge in [0.05, 0.1) is 6.61 Å². The Kier molecular flexibility index (Phi) is 8.02. The molecule has 0 aliphatic carbocycles. The lowest BCUT2D eigenvalue weighted by Crippen LogP contribution is -2.40. The first-order chi connectivity index (χ1) is 14.1. The van der Waals surface area contributed by atoms with Crippen LogP contribution >= 0.6 is 0 Å². The number of halogens is 3. The number of ether oxygens (including phenoxy) is 1. The molecule has 1 aromatic rings.